The van der Waals surface area contributed by atoms with Crippen molar-refractivity contribution in [3.05, 3.63) is 44.9 Å². The first-order chi connectivity index (χ1) is 11.8. The fourth-order valence-corrected chi connectivity index (χ4v) is 3.82. The average molecular weight is 380 g/mol. The predicted octanol–water partition coefficient (Wildman–Crippen LogP) is 4.92. The number of carbonyl (C=O) groups is 1. The van der Waals surface area contributed by atoms with Crippen molar-refractivity contribution in [2.75, 3.05) is 5.32 Å². The minimum absolute atomic E-state index is 0.299. The summed E-state index contributed by atoms with van der Waals surface area (Å²) in [4.78, 5) is 16.2. The molecule has 1 atom stereocenters. The van der Waals surface area contributed by atoms with Gasteiger partial charge in [-0.1, -0.05) is 17.7 Å². The SMILES string of the molecule is CC(C)(C)OC(=O)Nc1ccc2c(c1)CCC2NCc1ncc(Cl)s1. The Bertz CT molecular complexity index is 770. The van der Waals surface area contributed by atoms with Gasteiger partial charge in [0.05, 0.1) is 6.20 Å². The van der Waals surface area contributed by atoms with Gasteiger partial charge in [-0.15, -0.1) is 11.3 Å². The molecule has 1 aliphatic rings. The van der Waals surface area contributed by atoms with Crippen molar-refractivity contribution in [1.29, 1.82) is 0 Å². The maximum atomic E-state index is 11.9. The van der Waals surface area contributed by atoms with E-state index in [1.165, 1.54) is 22.5 Å². The van der Waals surface area contributed by atoms with Crippen LogP contribution in [0.1, 0.15) is 49.4 Å². The number of hydrogen-bond donors (Lipinski definition) is 2. The van der Waals surface area contributed by atoms with Crippen molar-refractivity contribution in [2.45, 2.75) is 51.8 Å². The maximum Gasteiger partial charge on any atom is 0.412 e. The van der Waals surface area contributed by atoms with Gasteiger partial charge in [-0.3, -0.25) is 5.32 Å². The lowest BCUT2D eigenvalue weighted by molar-refractivity contribution is 0.0636. The summed E-state index contributed by atoms with van der Waals surface area (Å²) in [6, 6.07) is 6.32. The molecular formula is C18H22ClN3O2S. The van der Waals surface area contributed by atoms with Crippen molar-refractivity contribution in [3.8, 4) is 0 Å². The number of hydrogen-bond acceptors (Lipinski definition) is 5. The van der Waals surface area contributed by atoms with Crippen LogP contribution in [0.2, 0.25) is 4.34 Å². The number of rotatable bonds is 4. The molecule has 1 aliphatic carbocycles. The number of carbonyl (C=O) groups excluding carboxylic acids is 1. The van der Waals surface area contributed by atoms with Crippen molar-refractivity contribution in [3.63, 3.8) is 0 Å². The third-order valence-electron chi connectivity index (χ3n) is 3.89. The van der Waals surface area contributed by atoms with Gasteiger partial charge in [0.15, 0.2) is 0 Å². The molecule has 2 N–H and O–H groups in total. The predicted molar refractivity (Wildman–Crippen MR) is 101 cm³/mol. The molecule has 0 saturated heterocycles. The molecular weight excluding hydrogens is 358 g/mol. The van der Waals surface area contributed by atoms with Crippen LogP contribution in [0.25, 0.3) is 0 Å². The standard InChI is InChI=1S/C18H22ClN3O2S/c1-18(2,3)24-17(23)22-12-5-6-13-11(8-12)4-7-14(13)20-10-16-21-9-15(19)25-16/h5-6,8-9,14,20H,4,7,10H2,1-3H3,(H,22,23). The van der Waals surface area contributed by atoms with E-state index in [0.29, 0.717) is 16.9 Å². The summed E-state index contributed by atoms with van der Waals surface area (Å²) in [5.74, 6) is 0. The number of nitrogens with one attached hydrogen (secondary N) is 2. The van der Waals surface area contributed by atoms with E-state index in [1.54, 1.807) is 6.20 Å². The largest absolute Gasteiger partial charge is 0.444 e. The van der Waals surface area contributed by atoms with E-state index >= 15 is 0 Å². The Kier molecular flexibility index (Phi) is 5.32. The molecule has 0 aliphatic heterocycles. The molecule has 5 nitrogen and oxygen atoms in total. The molecule has 1 heterocycles. The molecule has 0 spiro atoms. The normalized spacial score (nSPS) is 16.6. The van der Waals surface area contributed by atoms with Gasteiger partial charge in [0.2, 0.25) is 0 Å². The number of anilines is 1. The summed E-state index contributed by atoms with van der Waals surface area (Å²) in [5.41, 5.74) is 2.79. The zero-order valence-corrected chi connectivity index (χ0v) is 16.1. The van der Waals surface area contributed by atoms with Crippen LogP contribution in [0.5, 0.6) is 0 Å². The van der Waals surface area contributed by atoms with E-state index in [1.807, 2.05) is 32.9 Å². The monoisotopic (exact) mass is 379 g/mol. The average Bonchev–Trinajstić information content (AvgIpc) is 3.09. The van der Waals surface area contributed by atoms with E-state index in [0.717, 1.165) is 23.5 Å². The molecule has 2 aromatic rings. The zero-order valence-electron chi connectivity index (χ0n) is 14.6. The van der Waals surface area contributed by atoms with Gasteiger partial charge in [-0.25, -0.2) is 9.78 Å². The van der Waals surface area contributed by atoms with Gasteiger partial charge in [0.1, 0.15) is 14.9 Å². The van der Waals surface area contributed by atoms with Crippen molar-refractivity contribution in [1.82, 2.24) is 10.3 Å². The van der Waals surface area contributed by atoms with Crippen LogP contribution in [0.3, 0.4) is 0 Å². The molecule has 0 radical (unpaired) electrons. The van der Waals surface area contributed by atoms with E-state index in [4.69, 9.17) is 16.3 Å². The summed E-state index contributed by atoms with van der Waals surface area (Å²) < 4.78 is 6.00. The highest BCUT2D eigenvalue weighted by molar-refractivity contribution is 7.15. The Labute approximate surface area is 156 Å². The Morgan fingerprint density at radius 2 is 2.24 bits per heavy atom. The third-order valence-corrected chi connectivity index (χ3v) is 5.01. The van der Waals surface area contributed by atoms with Crippen LogP contribution in [0.4, 0.5) is 10.5 Å². The number of ether oxygens (including phenoxy) is 1. The van der Waals surface area contributed by atoms with Gasteiger partial charge in [-0.05, 0) is 56.9 Å². The van der Waals surface area contributed by atoms with Crippen LogP contribution < -0.4 is 10.6 Å². The molecule has 25 heavy (non-hydrogen) atoms. The van der Waals surface area contributed by atoms with Gasteiger partial charge in [0.25, 0.3) is 0 Å². The minimum atomic E-state index is -0.505. The van der Waals surface area contributed by atoms with Crippen LogP contribution >= 0.6 is 22.9 Å². The number of aromatic nitrogens is 1. The molecule has 1 aromatic carbocycles. The van der Waals surface area contributed by atoms with Gasteiger partial charge in [0, 0.05) is 18.3 Å². The Morgan fingerprint density at radius 1 is 1.44 bits per heavy atom. The van der Waals surface area contributed by atoms with Gasteiger partial charge in [-0.2, -0.15) is 0 Å². The zero-order chi connectivity index (χ0) is 18.0. The lowest BCUT2D eigenvalue weighted by Crippen LogP contribution is -2.27. The lowest BCUT2D eigenvalue weighted by atomic mass is 10.1. The highest BCUT2D eigenvalue weighted by Gasteiger charge is 2.23. The molecule has 134 valence electrons. The van der Waals surface area contributed by atoms with Crippen LogP contribution in [-0.2, 0) is 17.7 Å². The van der Waals surface area contributed by atoms with E-state index in [9.17, 15) is 4.79 Å². The number of aryl methyl sites for hydroxylation is 1. The van der Waals surface area contributed by atoms with Crippen molar-refractivity contribution >= 4 is 34.7 Å². The Morgan fingerprint density at radius 3 is 2.92 bits per heavy atom. The Hall–Kier alpha value is -1.63. The van der Waals surface area contributed by atoms with Crippen molar-refractivity contribution in [2.24, 2.45) is 0 Å². The van der Waals surface area contributed by atoms with Crippen LogP contribution in [0, 0.1) is 0 Å². The summed E-state index contributed by atoms with van der Waals surface area (Å²) in [5, 5.41) is 7.32. The van der Waals surface area contributed by atoms with E-state index in [2.05, 4.69) is 21.7 Å². The van der Waals surface area contributed by atoms with E-state index in [-0.39, 0.29) is 0 Å². The second-order valence-electron chi connectivity index (χ2n) is 7.07. The summed E-state index contributed by atoms with van der Waals surface area (Å²) in [7, 11) is 0. The van der Waals surface area contributed by atoms with Crippen LogP contribution in [-0.4, -0.2) is 16.7 Å². The minimum Gasteiger partial charge on any atom is -0.444 e. The molecule has 0 fully saturated rings. The molecule has 0 saturated carbocycles. The second kappa shape index (κ2) is 7.32. The van der Waals surface area contributed by atoms with Crippen molar-refractivity contribution < 1.29 is 9.53 Å². The quantitative estimate of drug-likeness (QED) is 0.791. The number of nitrogens with zero attached hydrogens (tertiary/aromatic N) is 1. The fourth-order valence-electron chi connectivity index (χ4n) is 2.91. The number of thiazole rings is 1. The molecule has 3 rings (SSSR count). The number of amides is 1. The number of fused-ring (bicyclic) bond motifs is 1. The summed E-state index contributed by atoms with van der Waals surface area (Å²) in [6.45, 7) is 6.25. The second-order valence-corrected chi connectivity index (χ2v) is 8.82. The number of halogens is 1. The van der Waals surface area contributed by atoms with Gasteiger partial charge >= 0.3 is 6.09 Å². The molecule has 1 amide bonds. The fraction of sp³-hybridized carbons (Fsp3) is 0.444. The first-order valence-electron chi connectivity index (χ1n) is 8.26. The summed E-state index contributed by atoms with van der Waals surface area (Å²) >= 11 is 7.42. The van der Waals surface area contributed by atoms with Crippen LogP contribution in [0.15, 0.2) is 24.4 Å². The topological polar surface area (TPSA) is 63.2 Å². The highest BCUT2D eigenvalue weighted by Crippen LogP contribution is 2.33. The summed E-state index contributed by atoms with van der Waals surface area (Å²) in [6.07, 6.45) is 3.26. The highest BCUT2D eigenvalue weighted by atomic mass is 35.5. The molecule has 0 bridgehead atoms. The number of benzene rings is 1. The first kappa shape index (κ1) is 18.2. The molecule has 1 aromatic heterocycles. The van der Waals surface area contributed by atoms with Gasteiger partial charge < -0.3 is 10.1 Å². The van der Waals surface area contributed by atoms with E-state index < -0.39 is 11.7 Å². The molecule has 1 unspecified atom stereocenters. The first-order valence-corrected chi connectivity index (χ1v) is 9.46. The smallest absolute Gasteiger partial charge is 0.412 e. The molecule has 7 heteroatoms. The lowest BCUT2D eigenvalue weighted by Gasteiger charge is -2.20. The third kappa shape index (κ3) is 4.93. The Balaban J connectivity index is 1.61. The maximum absolute atomic E-state index is 11.9.